The molecule has 0 aliphatic carbocycles. The van der Waals surface area contributed by atoms with Gasteiger partial charge in [0.05, 0.1) is 11.4 Å². The zero-order chi connectivity index (χ0) is 22.1. The summed E-state index contributed by atoms with van der Waals surface area (Å²) in [5.41, 5.74) is 7.91. The maximum absolute atomic E-state index is 13.5. The summed E-state index contributed by atoms with van der Waals surface area (Å²) in [7, 11) is 0. The Morgan fingerprint density at radius 1 is 1.06 bits per heavy atom. The molecule has 4 aromatic rings. The van der Waals surface area contributed by atoms with E-state index in [0.717, 1.165) is 54.2 Å². The fourth-order valence-electron chi connectivity index (χ4n) is 4.87. The second kappa shape index (κ2) is 8.83. The third-order valence-corrected chi connectivity index (χ3v) is 6.59. The van der Waals surface area contributed by atoms with Crippen molar-refractivity contribution < 1.29 is 4.39 Å². The number of likely N-dealkylation sites (tertiary alicyclic amines) is 1. The molecule has 1 unspecified atom stereocenters. The average molecular weight is 429 g/mol. The lowest BCUT2D eigenvalue weighted by Crippen LogP contribution is -2.34. The quantitative estimate of drug-likeness (QED) is 0.423. The van der Waals surface area contributed by atoms with Gasteiger partial charge in [-0.1, -0.05) is 24.3 Å². The van der Waals surface area contributed by atoms with Crippen LogP contribution in [0, 0.1) is 19.7 Å². The van der Waals surface area contributed by atoms with E-state index in [0.29, 0.717) is 12.3 Å². The molecule has 0 radical (unpaired) electrons. The van der Waals surface area contributed by atoms with Crippen LogP contribution in [-0.2, 0) is 13.0 Å². The second-order valence-corrected chi connectivity index (χ2v) is 9.00. The molecular weight excluding hydrogens is 399 g/mol. The lowest BCUT2D eigenvalue weighted by atomic mass is 9.93. The van der Waals surface area contributed by atoms with Crippen LogP contribution < -0.4 is 0 Å². The van der Waals surface area contributed by atoms with Crippen molar-refractivity contribution in [2.24, 2.45) is 0 Å². The fourth-order valence-corrected chi connectivity index (χ4v) is 4.87. The number of piperidine rings is 1. The number of aryl methyl sites for hydroxylation is 2. The molecule has 0 saturated carbocycles. The lowest BCUT2D eigenvalue weighted by Gasteiger charge is -2.32. The van der Waals surface area contributed by atoms with Gasteiger partial charge in [-0.2, -0.15) is 0 Å². The summed E-state index contributed by atoms with van der Waals surface area (Å²) in [4.78, 5) is 12.1. The van der Waals surface area contributed by atoms with Gasteiger partial charge < -0.3 is 4.40 Å². The van der Waals surface area contributed by atoms with Crippen molar-refractivity contribution >= 4 is 5.65 Å². The van der Waals surface area contributed by atoms with Crippen molar-refractivity contribution in [1.82, 2.24) is 19.3 Å². The maximum atomic E-state index is 13.5. The van der Waals surface area contributed by atoms with Gasteiger partial charge in [0, 0.05) is 37.1 Å². The number of aromatic nitrogens is 3. The van der Waals surface area contributed by atoms with Crippen molar-refractivity contribution in [3.8, 4) is 0 Å². The third-order valence-electron chi connectivity index (χ3n) is 6.59. The van der Waals surface area contributed by atoms with Crippen LogP contribution in [0.1, 0.15) is 52.5 Å². The lowest BCUT2D eigenvalue weighted by molar-refractivity contribution is 0.195. The Morgan fingerprint density at radius 3 is 2.78 bits per heavy atom. The molecular formula is C27H29FN4. The van der Waals surface area contributed by atoms with E-state index >= 15 is 0 Å². The Hall–Kier alpha value is -3.05. The largest absolute Gasteiger partial charge is 0.302 e. The van der Waals surface area contributed by atoms with Gasteiger partial charge >= 0.3 is 0 Å². The minimum Gasteiger partial charge on any atom is -0.302 e. The highest BCUT2D eigenvalue weighted by atomic mass is 19.1. The predicted molar refractivity (Wildman–Crippen MR) is 125 cm³/mol. The summed E-state index contributed by atoms with van der Waals surface area (Å²) in [6.07, 6.45) is 7.12. The number of fused-ring (bicyclic) bond motifs is 1. The molecule has 0 amide bonds. The number of nitrogens with zero attached hydrogens (tertiary/aromatic N) is 4. The summed E-state index contributed by atoms with van der Waals surface area (Å²) >= 11 is 0. The Kier molecular flexibility index (Phi) is 5.75. The van der Waals surface area contributed by atoms with Crippen molar-refractivity contribution in [2.75, 3.05) is 13.1 Å². The molecule has 4 nitrogen and oxygen atoms in total. The van der Waals surface area contributed by atoms with Crippen molar-refractivity contribution in [3.05, 3.63) is 101 Å². The normalized spacial score (nSPS) is 17.2. The van der Waals surface area contributed by atoms with Gasteiger partial charge in [0.1, 0.15) is 11.5 Å². The van der Waals surface area contributed by atoms with Crippen molar-refractivity contribution in [2.45, 2.75) is 45.6 Å². The summed E-state index contributed by atoms with van der Waals surface area (Å²) < 4.78 is 15.7. The smallest absolute Gasteiger partial charge is 0.140 e. The molecule has 1 aromatic carbocycles. The minimum atomic E-state index is -0.189. The average Bonchev–Trinajstić information content (AvgIpc) is 3.11. The number of rotatable bonds is 5. The molecule has 5 rings (SSSR count). The molecule has 5 heteroatoms. The van der Waals surface area contributed by atoms with E-state index in [1.807, 2.05) is 12.3 Å². The van der Waals surface area contributed by atoms with Gasteiger partial charge in [-0.05, 0) is 80.6 Å². The van der Waals surface area contributed by atoms with Gasteiger partial charge in [0.25, 0.3) is 0 Å². The molecule has 1 atom stereocenters. The summed E-state index contributed by atoms with van der Waals surface area (Å²) in [6, 6.07) is 15.3. The SMILES string of the molecule is Cc1nc2c(C)cccn2c1CN1CCCC(c2ccc(Cc3cccc(F)c3)cn2)C1. The summed E-state index contributed by atoms with van der Waals surface area (Å²) in [6.45, 7) is 7.25. The van der Waals surface area contributed by atoms with E-state index in [2.05, 4.69) is 53.6 Å². The molecule has 0 spiro atoms. The van der Waals surface area contributed by atoms with Crippen LogP contribution in [0.4, 0.5) is 4.39 Å². The minimum absolute atomic E-state index is 0.189. The first-order valence-electron chi connectivity index (χ1n) is 11.4. The molecule has 3 aromatic heterocycles. The monoisotopic (exact) mass is 428 g/mol. The molecule has 1 fully saturated rings. The van der Waals surface area contributed by atoms with Crippen LogP contribution >= 0.6 is 0 Å². The molecule has 1 saturated heterocycles. The molecule has 0 bridgehead atoms. The molecule has 1 aliphatic rings. The van der Waals surface area contributed by atoms with Crippen molar-refractivity contribution in [1.29, 1.82) is 0 Å². The van der Waals surface area contributed by atoms with E-state index in [9.17, 15) is 4.39 Å². The zero-order valence-corrected chi connectivity index (χ0v) is 18.8. The van der Waals surface area contributed by atoms with Crippen molar-refractivity contribution in [3.63, 3.8) is 0 Å². The van der Waals surface area contributed by atoms with Gasteiger partial charge in [0.15, 0.2) is 0 Å². The number of pyridine rings is 2. The topological polar surface area (TPSA) is 33.4 Å². The van der Waals surface area contributed by atoms with E-state index in [4.69, 9.17) is 9.97 Å². The van der Waals surface area contributed by atoms with Crippen LogP contribution in [0.5, 0.6) is 0 Å². The second-order valence-electron chi connectivity index (χ2n) is 9.00. The van der Waals surface area contributed by atoms with Gasteiger partial charge in [0.2, 0.25) is 0 Å². The first-order chi connectivity index (χ1) is 15.6. The maximum Gasteiger partial charge on any atom is 0.140 e. The Morgan fingerprint density at radius 2 is 1.97 bits per heavy atom. The molecule has 1 aliphatic heterocycles. The first kappa shape index (κ1) is 20.8. The number of imidazole rings is 1. The number of halogens is 1. The number of hydrogen-bond acceptors (Lipinski definition) is 3. The summed E-state index contributed by atoms with van der Waals surface area (Å²) in [5, 5.41) is 0. The Labute approximate surface area is 188 Å². The zero-order valence-electron chi connectivity index (χ0n) is 18.8. The first-order valence-corrected chi connectivity index (χ1v) is 11.4. The van der Waals surface area contributed by atoms with Crippen LogP contribution in [0.15, 0.2) is 60.9 Å². The van der Waals surface area contributed by atoms with E-state index in [1.54, 1.807) is 12.1 Å². The van der Waals surface area contributed by atoms with E-state index in [-0.39, 0.29) is 5.82 Å². The van der Waals surface area contributed by atoms with E-state index < -0.39 is 0 Å². The molecule has 4 heterocycles. The third kappa shape index (κ3) is 4.30. The molecule has 164 valence electrons. The standard InChI is InChI=1S/C27H29FN4/c1-19-6-4-13-32-26(20(2)30-27(19)32)18-31-12-5-8-23(17-31)25-11-10-22(16-29-25)14-21-7-3-9-24(28)15-21/h3-4,6-7,9-11,13,15-16,23H,5,8,12,14,17-18H2,1-2H3. The highest BCUT2D eigenvalue weighted by Crippen LogP contribution is 2.28. The molecule has 32 heavy (non-hydrogen) atoms. The Balaban J connectivity index is 1.28. The highest BCUT2D eigenvalue weighted by molar-refractivity contribution is 5.50. The van der Waals surface area contributed by atoms with Gasteiger partial charge in [-0.3, -0.25) is 9.88 Å². The van der Waals surface area contributed by atoms with Crippen LogP contribution in [0.25, 0.3) is 5.65 Å². The summed E-state index contributed by atoms with van der Waals surface area (Å²) in [5.74, 6) is 0.249. The van der Waals surface area contributed by atoms with Crippen LogP contribution in [0.3, 0.4) is 0 Å². The fraction of sp³-hybridized carbons (Fsp3) is 0.333. The molecule has 0 N–H and O–H groups in total. The number of benzene rings is 1. The predicted octanol–water partition coefficient (Wildman–Crippen LogP) is 5.46. The number of hydrogen-bond donors (Lipinski definition) is 0. The highest BCUT2D eigenvalue weighted by Gasteiger charge is 2.24. The van der Waals surface area contributed by atoms with E-state index in [1.165, 1.54) is 23.7 Å². The van der Waals surface area contributed by atoms with Gasteiger partial charge in [-0.25, -0.2) is 9.37 Å². The van der Waals surface area contributed by atoms with Crippen LogP contribution in [0.2, 0.25) is 0 Å². The Bertz CT molecular complexity index is 1230. The van der Waals surface area contributed by atoms with Gasteiger partial charge in [-0.15, -0.1) is 0 Å². The van der Waals surface area contributed by atoms with Crippen LogP contribution in [-0.4, -0.2) is 32.4 Å².